The molecule has 0 unspecified atom stereocenters. The third kappa shape index (κ3) is 8.55. The minimum Gasteiger partial charge on any atom is -0.459 e. The number of cyclic esters (lactones) is 1. The first-order valence-electron chi connectivity index (χ1n) is 19.6. The first kappa shape index (κ1) is 43.8. The molecule has 13 nitrogen and oxygen atoms in total. The van der Waals surface area contributed by atoms with Crippen molar-refractivity contribution in [3.8, 4) is 0 Å². The molecule has 4 saturated heterocycles. The minimum absolute atomic E-state index is 0.0624. The van der Waals surface area contributed by atoms with Crippen LogP contribution in [0.5, 0.6) is 0 Å². The molecule has 0 amide bonds. The van der Waals surface area contributed by atoms with Gasteiger partial charge in [0.25, 0.3) is 0 Å². The fourth-order valence-electron chi connectivity index (χ4n) is 9.48. The molecule has 0 aromatic carbocycles. The molecule has 4 aliphatic rings. The molecule has 0 aromatic rings. The SMILES string of the molecule is CC[C@@H](O)[C@@](C)(O)[C@@H]1OC(=O)[C@H](C)[C@@H](O[C@H]2C[C@@](C)(OC)[C@@H](O)[C@H](C)O2)[C@H](C)[C@@H](O[C@@H]2O[C@H](C)C[C@H](N(C)C(C)C)[C@H]2O)[C@@]2(C)C[C@@H](C)[C@H](O2)[C@@H]1C. The Morgan fingerprint density at radius 2 is 1.65 bits per heavy atom. The topological polar surface area (TPSA) is 166 Å². The van der Waals surface area contributed by atoms with E-state index in [4.69, 9.17) is 33.2 Å². The number of hydrogen-bond acceptors (Lipinski definition) is 13. The van der Waals surface area contributed by atoms with Gasteiger partial charge in [-0.15, -0.1) is 0 Å². The van der Waals surface area contributed by atoms with Crippen LogP contribution in [0.3, 0.4) is 0 Å². The highest BCUT2D eigenvalue weighted by atomic mass is 16.7. The molecular formula is C39H71NO12. The van der Waals surface area contributed by atoms with Gasteiger partial charge >= 0.3 is 5.97 Å². The number of carbonyl (C=O) groups is 1. The zero-order chi connectivity index (χ0) is 39.2. The van der Waals surface area contributed by atoms with Crippen molar-refractivity contribution in [2.24, 2.45) is 23.7 Å². The van der Waals surface area contributed by atoms with Gasteiger partial charge in [-0.05, 0) is 87.6 Å². The van der Waals surface area contributed by atoms with Crippen LogP contribution in [0, 0.1) is 23.7 Å². The van der Waals surface area contributed by atoms with Crippen LogP contribution < -0.4 is 0 Å². The smallest absolute Gasteiger partial charge is 0.311 e. The molecule has 4 fully saturated rings. The molecule has 0 saturated carbocycles. The van der Waals surface area contributed by atoms with Gasteiger partial charge in [-0.3, -0.25) is 9.69 Å². The van der Waals surface area contributed by atoms with Gasteiger partial charge in [0.15, 0.2) is 12.6 Å². The number of aliphatic hydroxyl groups excluding tert-OH is 3. The monoisotopic (exact) mass is 745 g/mol. The largest absolute Gasteiger partial charge is 0.459 e. The van der Waals surface area contributed by atoms with Crippen LogP contribution in [-0.2, 0) is 38.0 Å². The summed E-state index contributed by atoms with van der Waals surface area (Å²) in [5.74, 6) is -2.69. The number of nitrogens with zero attached hydrogens (tertiary/aromatic N) is 1. The molecule has 2 bridgehead atoms. The summed E-state index contributed by atoms with van der Waals surface area (Å²) in [6, 6.07) is -0.0455. The fourth-order valence-corrected chi connectivity index (χ4v) is 9.48. The maximum atomic E-state index is 14.3. The number of aliphatic hydroxyl groups is 4. The number of hydrogen-bond donors (Lipinski definition) is 4. The minimum atomic E-state index is -1.79. The van der Waals surface area contributed by atoms with E-state index in [0.29, 0.717) is 12.8 Å². The van der Waals surface area contributed by atoms with E-state index in [9.17, 15) is 25.2 Å². The molecule has 4 heterocycles. The predicted octanol–water partition coefficient (Wildman–Crippen LogP) is 3.40. The maximum Gasteiger partial charge on any atom is 0.311 e. The molecule has 0 aromatic heterocycles. The van der Waals surface area contributed by atoms with Crippen molar-refractivity contribution < 1.29 is 58.4 Å². The normalized spacial score (nSPS) is 48.2. The second-order valence-corrected chi connectivity index (χ2v) is 17.6. The summed E-state index contributed by atoms with van der Waals surface area (Å²) in [5, 5.41) is 45.6. The highest BCUT2D eigenvalue weighted by molar-refractivity contribution is 5.73. The Bertz CT molecular complexity index is 1190. The molecule has 0 aliphatic carbocycles. The van der Waals surface area contributed by atoms with Crippen molar-refractivity contribution in [1.82, 2.24) is 4.90 Å². The van der Waals surface area contributed by atoms with Gasteiger partial charge in [-0.2, -0.15) is 0 Å². The zero-order valence-electron chi connectivity index (χ0n) is 34.1. The Kier molecular flexibility index (Phi) is 14.0. The van der Waals surface area contributed by atoms with E-state index in [1.807, 2.05) is 34.7 Å². The van der Waals surface area contributed by atoms with Crippen LogP contribution >= 0.6 is 0 Å². The van der Waals surface area contributed by atoms with Crippen LogP contribution in [0.2, 0.25) is 0 Å². The molecule has 0 radical (unpaired) electrons. The maximum absolute atomic E-state index is 14.3. The second kappa shape index (κ2) is 16.6. The van der Waals surface area contributed by atoms with Gasteiger partial charge in [-0.25, -0.2) is 0 Å². The summed E-state index contributed by atoms with van der Waals surface area (Å²) in [5.41, 5.74) is -3.73. The fraction of sp³-hybridized carbons (Fsp3) is 0.974. The van der Waals surface area contributed by atoms with Crippen molar-refractivity contribution in [2.75, 3.05) is 14.2 Å². The molecule has 304 valence electrons. The first-order chi connectivity index (χ1) is 24.0. The molecule has 4 aliphatic heterocycles. The highest BCUT2D eigenvalue weighted by Gasteiger charge is 2.59. The van der Waals surface area contributed by atoms with Crippen LogP contribution in [-0.4, -0.2) is 142 Å². The number of esters is 1. The lowest BCUT2D eigenvalue weighted by Crippen LogP contribution is -2.61. The first-order valence-corrected chi connectivity index (χ1v) is 19.6. The standard InChI is InChI=1S/C39H71NO12/c1-15-27(41)39(12,45)34-22(6)30-20(4)17-38(11,52-30)33(51-36-29(42)26(16-21(5)47-36)40(13)19(2)3)23(7)31(24(8)35(44)50-34)49-28-18-37(10,46-14)32(43)25(9)48-28/h19-34,36,41-43,45H,15-18H2,1-14H3/t20-,21-,22+,23+,24-,25+,26+,27-,28+,29-,30+,31+,32+,33-,34-,36+,37-,38-,39-/m1/s1. The van der Waals surface area contributed by atoms with Crippen molar-refractivity contribution >= 4 is 5.97 Å². The van der Waals surface area contributed by atoms with E-state index in [0.717, 1.165) is 0 Å². The van der Waals surface area contributed by atoms with Crippen LogP contribution in [0.25, 0.3) is 0 Å². The summed E-state index contributed by atoms with van der Waals surface area (Å²) in [4.78, 5) is 16.5. The average molecular weight is 746 g/mol. The van der Waals surface area contributed by atoms with Crippen molar-refractivity contribution in [3.63, 3.8) is 0 Å². The Balaban J connectivity index is 1.83. The third-order valence-electron chi connectivity index (χ3n) is 13.0. The highest BCUT2D eigenvalue weighted by Crippen LogP contribution is 2.48. The zero-order valence-corrected chi connectivity index (χ0v) is 34.1. The quantitative estimate of drug-likeness (QED) is 0.241. The predicted molar refractivity (Wildman–Crippen MR) is 193 cm³/mol. The average Bonchev–Trinajstić information content (AvgIpc) is 3.40. The van der Waals surface area contributed by atoms with Crippen molar-refractivity contribution in [2.45, 2.75) is 205 Å². The van der Waals surface area contributed by atoms with Gasteiger partial charge in [0, 0.05) is 37.5 Å². The van der Waals surface area contributed by atoms with E-state index in [1.54, 1.807) is 27.7 Å². The van der Waals surface area contributed by atoms with E-state index in [-0.39, 0.29) is 36.9 Å². The summed E-state index contributed by atoms with van der Waals surface area (Å²) in [7, 11) is 3.53. The lowest BCUT2D eigenvalue weighted by molar-refractivity contribution is -0.318. The van der Waals surface area contributed by atoms with Crippen molar-refractivity contribution in [3.05, 3.63) is 0 Å². The Morgan fingerprint density at radius 1 is 1.02 bits per heavy atom. The van der Waals surface area contributed by atoms with Gasteiger partial charge in [0.1, 0.15) is 23.9 Å². The number of ether oxygens (including phenoxy) is 7. The summed E-state index contributed by atoms with van der Waals surface area (Å²) in [6.45, 7) is 22.5. The lowest BCUT2D eigenvalue weighted by Gasteiger charge is -2.49. The molecule has 0 spiro atoms. The van der Waals surface area contributed by atoms with E-state index >= 15 is 0 Å². The van der Waals surface area contributed by atoms with Gasteiger partial charge in [0.2, 0.25) is 0 Å². The molecular weight excluding hydrogens is 674 g/mol. The molecule has 19 atom stereocenters. The van der Waals surface area contributed by atoms with E-state index in [1.165, 1.54) is 14.0 Å². The van der Waals surface area contributed by atoms with Crippen LogP contribution in [0.1, 0.15) is 109 Å². The Hall–Kier alpha value is -0.970. The molecule has 4 N–H and O–H groups in total. The van der Waals surface area contributed by atoms with E-state index < -0.39 is 102 Å². The van der Waals surface area contributed by atoms with Gasteiger partial charge < -0.3 is 53.6 Å². The Labute approximate surface area is 311 Å². The van der Waals surface area contributed by atoms with Crippen LogP contribution in [0.4, 0.5) is 0 Å². The Morgan fingerprint density at radius 3 is 2.23 bits per heavy atom. The number of rotatable bonds is 10. The van der Waals surface area contributed by atoms with Gasteiger partial charge in [0.05, 0.1) is 53.7 Å². The molecule has 52 heavy (non-hydrogen) atoms. The summed E-state index contributed by atoms with van der Waals surface area (Å²) in [6.07, 6.45) is -7.43. The number of carbonyl (C=O) groups excluding carboxylic acids is 1. The molecule has 4 rings (SSSR count). The van der Waals surface area contributed by atoms with Gasteiger partial charge in [-0.1, -0.05) is 27.7 Å². The van der Waals surface area contributed by atoms with Crippen molar-refractivity contribution in [1.29, 1.82) is 0 Å². The lowest BCUT2D eigenvalue weighted by atomic mass is 9.76. The van der Waals surface area contributed by atoms with E-state index in [2.05, 4.69) is 25.7 Å². The summed E-state index contributed by atoms with van der Waals surface area (Å²) >= 11 is 0. The molecule has 13 heteroatoms. The number of methoxy groups -OCH3 is 1. The summed E-state index contributed by atoms with van der Waals surface area (Å²) < 4.78 is 45.4. The second-order valence-electron chi connectivity index (χ2n) is 17.6. The van der Waals surface area contributed by atoms with Crippen LogP contribution in [0.15, 0.2) is 0 Å². The number of fused-ring (bicyclic) bond motifs is 2. The third-order valence-corrected chi connectivity index (χ3v) is 13.0. The number of likely N-dealkylation sites (N-methyl/N-ethyl adjacent to an activating group) is 1.